The quantitative estimate of drug-likeness (QED) is 0.833. The van der Waals surface area contributed by atoms with E-state index in [1.807, 2.05) is 0 Å². The van der Waals surface area contributed by atoms with Crippen LogP contribution < -0.4 is 5.32 Å². The molecule has 1 N–H and O–H groups in total. The summed E-state index contributed by atoms with van der Waals surface area (Å²) in [6, 6.07) is 2.76. The normalized spacial score (nSPS) is 14.6. The maximum Gasteiger partial charge on any atom is 0.127 e. The molecule has 0 spiro atoms. The highest BCUT2D eigenvalue weighted by Gasteiger charge is 2.21. The van der Waals surface area contributed by atoms with Crippen LogP contribution in [0.5, 0.6) is 0 Å². The molecule has 2 aromatic rings. The number of thiophene rings is 1. The standard InChI is InChI=1S/C16H25N3S/c1-5-8-17-14(7-3)11(4)15-13-9-12(6-2)20-16(13)19-10-18-15/h9-11,14,17H,5-8H2,1-4H3. The maximum atomic E-state index is 4.59. The van der Waals surface area contributed by atoms with Crippen LogP contribution in [0, 0.1) is 0 Å². The second-order valence-corrected chi connectivity index (χ2v) is 6.42. The van der Waals surface area contributed by atoms with Crippen molar-refractivity contribution < 1.29 is 0 Å². The van der Waals surface area contributed by atoms with Gasteiger partial charge in [0.25, 0.3) is 0 Å². The van der Waals surface area contributed by atoms with E-state index in [1.54, 1.807) is 17.7 Å². The van der Waals surface area contributed by atoms with Crippen LogP contribution >= 0.6 is 11.3 Å². The Bertz CT molecular complexity index is 550. The Labute approximate surface area is 125 Å². The van der Waals surface area contributed by atoms with Gasteiger partial charge in [0.05, 0.1) is 5.69 Å². The molecule has 0 amide bonds. The number of nitrogens with one attached hydrogen (secondary N) is 1. The number of hydrogen-bond acceptors (Lipinski definition) is 4. The van der Waals surface area contributed by atoms with Crippen molar-refractivity contribution in [3.05, 3.63) is 23.0 Å². The molecule has 0 radical (unpaired) electrons. The topological polar surface area (TPSA) is 37.8 Å². The molecule has 2 atom stereocenters. The van der Waals surface area contributed by atoms with Crippen LogP contribution in [0.4, 0.5) is 0 Å². The summed E-state index contributed by atoms with van der Waals surface area (Å²) < 4.78 is 0. The largest absolute Gasteiger partial charge is 0.313 e. The average molecular weight is 291 g/mol. The van der Waals surface area contributed by atoms with Gasteiger partial charge < -0.3 is 5.32 Å². The molecule has 0 saturated heterocycles. The molecule has 3 nitrogen and oxygen atoms in total. The monoisotopic (exact) mass is 291 g/mol. The Hall–Kier alpha value is -1.00. The van der Waals surface area contributed by atoms with E-state index in [0.29, 0.717) is 12.0 Å². The van der Waals surface area contributed by atoms with Crippen LogP contribution in [0.3, 0.4) is 0 Å². The van der Waals surface area contributed by atoms with Gasteiger partial charge in [-0.1, -0.05) is 27.7 Å². The van der Waals surface area contributed by atoms with Crippen molar-refractivity contribution in [3.63, 3.8) is 0 Å². The van der Waals surface area contributed by atoms with E-state index in [9.17, 15) is 0 Å². The van der Waals surface area contributed by atoms with Crippen molar-refractivity contribution in [1.29, 1.82) is 0 Å². The van der Waals surface area contributed by atoms with Gasteiger partial charge in [-0.3, -0.25) is 0 Å². The Morgan fingerprint density at radius 1 is 1.25 bits per heavy atom. The number of hydrogen-bond donors (Lipinski definition) is 1. The number of rotatable bonds is 7. The Morgan fingerprint density at radius 2 is 2.05 bits per heavy atom. The third-order valence-corrected chi connectivity index (χ3v) is 5.08. The Morgan fingerprint density at radius 3 is 2.70 bits per heavy atom. The van der Waals surface area contributed by atoms with Gasteiger partial charge in [-0.15, -0.1) is 11.3 Å². The summed E-state index contributed by atoms with van der Waals surface area (Å²) in [6.07, 6.45) is 5.08. The van der Waals surface area contributed by atoms with Crippen LogP contribution in [0.15, 0.2) is 12.4 Å². The first-order valence-corrected chi connectivity index (χ1v) is 8.49. The molecule has 0 aromatic carbocycles. The second kappa shape index (κ2) is 7.14. The fraction of sp³-hybridized carbons (Fsp3) is 0.625. The van der Waals surface area contributed by atoms with Gasteiger partial charge in [0.2, 0.25) is 0 Å². The lowest BCUT2D eigenvalue weighted by Crippen LogP contribution is -2.34. The van der Waals surface area contributed by atoms with Crippen molar-refractivity contribution in [1.82, 2.24) is 15.3 Å². The Balaban J connectivity index is 2.32. The molecule has 110 valence electrons. The summed E-state index contributed by atoms with van der Waals surface area (Å²) in [7, 11) is 0. The van der Waals surface area contributed by atoms with Crippen molar-refractivity contribution in [3.8, 4) is 0 Å². The van der Waals surface area contributed by atoms with Crippen molar-refractivity contribution in [2.24, 2.45) is 0 Å². The van der Waals surface area contributed by atoms with Crippen LogP contribution in [0.1, 0.15) is 57.0 Å². The SMILES string of the molecule is CCCNC(CC)C(C)c1ncnc2sc(CC)cc12. The molecule has 20 heavy (non-hydrogen) atoms. The zero-order chi connectivity index (χ0) is 14.5. The zero-order valence-electron chi connectivity index (χ0n) is 12.9. The van der Waals surface area contributed by atoms with Crippen LogP contribution in [0.25, 0.3) is 10.2 Å². The minimum atomic E-state index is 0.413. The molecule has 0 fully saturated rings. The minimum absolute atomic E-state index is 0.413. The molecule has 0 bridgehead atoms. The van der Waals surface area contributed by atoms with Gasteiger partial charge >= 0.3 is 0 Å². The highest BCUT2D eigenvalue weighted by atomic mass is 32.1. The van der Waals surface area contributed by atoms with Gasteiger partial charge in [0, 0.05) is 22.2 Å². The summed E-state index contributed by atoms with van der Waals surface area (Å²) in [4.78, 5) is 11.5. The lowest BCUT2D eigenvalue weighted by atomic mass is 9.94. The highest BCUT2D eigenvalue weighted by Crippen LogP contribution is 2.31. The van der Waals surface area contributed by atoms with E-state index < -0.39 is 0 Å². The fourth-order valence-corrected chi connectivity index (χ4v) is 3.60. The molecule has 2 heterocycles. The molecule has 4 heteroatoms. The first kappa shape index (κ1) is 15.4. The van der Waals surface area contributed by atoms with Crippen molar-refractivity contribution in [2.75, 3.05) is 6.54 Å². The molecular weight excluding hydrogens is 266 g/mol. The van der Waals surface area contributed by atoms with Crippen LogP contribution in [0.2, 0.25) is 0 Å². The number of aryl methyl sites for hydroxylation is 1. The van der Waals surface area contributed by atoms with E-state index >= 15 is 0 Å². The van der Waals surface area contributed by atoms with Crippen molar-refractivity contribution >= 4 is 21.6 Å². The van der Waals surface area contributed by atoms with Crippen molar-refractivity contribution in [2.45, 2.75) is 58.9 Å². The Kier molecular flexibility index (Phi) is 5.49. The van der Waals surface area contributed by atoms with E-state index in [2.05, 4.69) is 49.0 Å². The van der Waals surface area contributed by atoms with Crippen LogP contribution in [-0.2, 0) is 6.42 Å². The predicted octanol–water partition coefficient (Wildman–Crippen LogP) is 4.14. The first-order valence-electron chi connectivity index (χ1n) is 7.67. The lowest BCUT2D eigenvalue weighted by Gasteiger charge is -2.24. The summed E-state index contributed by atoms with van der Waals surface area (Å²) in [6.45, 7) is 9.99. The van der Waals surface area contributed by atoms with Gasteiger partial charge in [0.1, 0.15) is 11.2 Å². The lowest BCUT2D eigenvalue weighted by molar-refractivity contribution is 0.434. The predicted molar refractivity (Wildman–Crippen MR) is 87.6 cm³/mol. The molecule has 0 aliphatic carbocycles. The molecule has 0 aliphatic heterocycles. The third-order valence-electron chi connectivity index (χ3n) is 3.89. The maximum absolute atomic E-state index is 4.59. The minimum Gasteiger partial charge on any atom is -0.313 e. The van der Waals surface area contributed by atoms with Gasteiger partial charge in [-0.25, -0.2) is 9.97 Å². The molecule has 0 saturated carbocycles. The smallest absolute Gasteiger partial charge is 0.127 e. The summed E-state index contributed by atoms with van der Waals surface area (Å²) in [5.74, 6) is 0.413. The van der Waals surface area contributed by atoms with Gasteiger partial charge in [0.15, 0.2) is 0 Å². The molecular formula is C16H25N3S. The zero-order valence-corrected chi connectivity index (χ0v) is 13.8. The average Bonchev–Trinajstić information content (AvgIpc) is 2.90. The number of nitrogens with zero attached hydrogens (tertiary/aromatic N) is 2. The summed E-state index contributed by atoms with van der Waals surface area (Å²) in [5.41, 5.74) is 1.20. The third kappa shape index (κ3) is 3.18. The number of aromatic nitrogens is 2. The van der Waals surface area contributed by atoms with E-state index in [-0.39, 0.29) is 0 Å². The fourth-order valence-electron chi connectivity index (χ4n) is 2.66. The molecule has 0 aliphatic rings. The first-order chi connectivity index (χ1) is 9.71. The van der Waals surface area contributed by atoms with Crippen LogP contribution in [-0.4, -0.2) is 22.6 Å². The van der Waals surface area contributed by atoms with Gasteiger partial charge in [-0.05, 0) is 31.9 Å². The molecule has 2 unspecified atom stereocenters. The highest BCUT2D eigenvalue weighted by molar-refractivity contribution is 7.18. The summed E-state index contributed by atoms with van der Waals surface area (Å²) >= 11 is 1.79. The second-order valence-electron chi connectivity index (χ2n) is 5.30. The summed E-state index contributed by atoms with van der Waals surface area (Å²) in [5, 5.41) is 4.89. The molecule has 2 rings (SSSR count). The van der Waals surface area contributed by atoms with E-state index in [4.69, 9.17) is 0 Å². The van der Waals surface area contributed by atoms with E-state index in [0.717, 1.165) is 24.2 Å². The van der Waals surface area contributed by atoms with Gasteiger partial charge in [-0.2, -0.15) is 0 Å². The van der Waals surface area contributed by atoms with E-state index in [1.165, 1.54) is 22.4 Å². The number of fused-ring (bicyclic) bond motifs is 1. The molecule has 2 aromatic heterocycles.